The minimum atomic E-state index is -0.000740. The van der Waals surface area contributed by atoms with Gasteiger partial charge in [0.1, 0.15) is 17.0 Å². The van der Waals surface area contributed by atoms with Crippen LogP contribution in [0, 0.1) is 11.8 Å². The van der Waals surface area contributed by atoms with Crippen LogP contribution < -0.4 is 10.3 Å². The molecule has 0 bridgehead atoms. The lowest BCUT2D eigenvalue weighted by Crippen LogP contribution is -2.21. The van der Waals surface area contributed by atoms with Gasteiger partial charge < -0.3 is 14.3 Å². The van der Waals surface area contributed by atoms with Crippen molar-refractivity contribution in [3.8, 4) is 5.75 Å². The first-order valence-electron chi connectivity index (χ1n) is 11.5. The molecule has 0 radical (unpaired) electrons. The third-order valence-corrected chi connectivity index (χ3v) is 5.86. The number of aromatic amines is 1. The number of rotatable bonds is 3. The van der Waals surface area contributed by atoms with Crippen molar-refractivity contribution in [3.05, 3.63) is 82.6 Å². The van der Waals surface area contributed by atoms with Gasteiger partial charge in [-0.15, -0.1) is 0 Å². The number of nitrogens with zero attached hydrogens (tertiary/aromatic N) is 1. The van der Waals surface area contributed by atoms with Gasteiger partial charge in [0.05, 0.1) is 0 Å². The van der Waals surface area contributed by atoms with Crippen LogP contribution in [0.5, 0.6) is 5.75 Å². The number of pyridine rings is 1. The van der Waals surface area contributed by atoms with Gasteiger partial charge >= 0.3 is 0 Å². The molecule has 164 valence electrons. The van der Waals surface area contributed by atoms with Crippen molar-refractivity contribution in [2.75, 3.05) is 0 Å². The second-order valence-electron chi connectivity index (χ2n) is 7.48. The van der Waals surface area contributed by atoms with E-state index in [1.165, 1.54) is 18.4 Å². The van der Waals surface area contributed by atoms with Gasteiger partial charge in [0, 0.05) is 36.0 Å². The Morgan fingerprint density at radius 1 is 1.03 bits per heavy atom. The zero-order valence-corrected chi connectivity index (χ0v) is 19.3. The number of para-hydroxylation sites is 1. The Balaban J connectivity index is 0.000000645. The van der Waals surface area contributed by atoms with Gasteiger partial charge in [-0.3, -0.25) is 4.79 Å². The first kappa shape index (κ1) is 22.7. The van der Waals surface area contributed by atoms with E-state index in [9.17, 15) is 4.79 Å². The second-order valence-corrected chi connectivity index (χ2v) is 7.48. The summed E-state index contributed by atoms with van der Waals surface area (Å²) in [5.41, 5.74) is 2.98. The molecule has 2 unspecified atom stereocenters. The molecule has 4 nitrogen and oxygen atoms in total. The fourth-order valence-electron chi connectivity index (χ4n) is 4.58. The molecule has 0 amide bonds. The van der Waals surface area contributed by atoms with E-state index in [0.29, 0.717) is 17.4 Å². The molecule has 2 atom stereocenters. The molecule has 1 fully saturated rings. The molecule has 0 spiro atoms. The summed E-state index contributed by atoms with van der Waals surface area (Å²) >= 11 is 0. The fourth-order valence-corrected chi connectivity index (χ4v) is 4.58. The predicted molar refractivity (Wildman–Crippen MR) is 130 cm³/mol. The SMILES string of the molecule is CC.CC.Cn1cc(C2=C(Oc3ccccc3)C=CC3CCCC23)c2cc[nH]c2c1=O. The van der Waals surface area contributed by atoms with Crippen molar-refractivity contribution >= 4 is 16.5 Å². The van der Waals surface area contributed by atoms with Crippen LogP contribution in [0.4, 0.5) is 0 Å². The first-order valence-corrected chi connectivity index (χ1v) is 11.5. The quantitative estimate of drug-likeness (QED) is 0.515. The second kappa shape index (κ2) is 10.3. The van der Waals surface area contributed by atoms with Gasteiger partial charge in [-0.2, -0.15) is 0 Å². The van der Waals surface area contributed by atoms with Gasteiger partial charge in [0.2, 0.25) is 0 Å². The lowest BCUT2D eigenvalue weighted by atomic mass is 9.80. The van der Waals surface area contributed by atoms with E-state index in [1.54, 1.807) is 4.57 Å². The van der Waals surface area contributed by atoms with E-state index in [-0.39, 0.29) is 5.56 Å². The summed E-state index contributed by atoms with van der Waals surface area (Å²) in [6.07, 6.45) is 11.8. The molecule has 3 aromatic rings. The number of nitrogens with one attached hydrogen (secondary N) is 1. The smallest absolute Gasteiger partial charge is 0.274 e. The van der Waals surface area contributed by atoms with E-state index < -0.39 is 0 Å². The van der Waals surface area contributed by atoms with Crippen LogP contribution in [0.15, 0.2) is 71.5 Å². The maximum Gasteiger partial charge on any atom is 0.274 e. The van der Waals surface area contributed by atoms with Gasteiger partial charge in [0.15, 0.2) is 0 Å². The third-order valence-electron chi connectivity index (χ3n) is 5.86. The molecule has 5 rings (SSSR count). The van der Waals surface area contributed by atoms with E-state index in [1.807, 2.05) is 83.5 Å². The third kappa shape index (κ3) is 4.39. The maximum absolute atomic E-state index is 12.5. The molecular weight excluding hydrogens is 384 g/mol. The van der Waals surface area contributed by atoms with Crippen LogP contribution in [-0.4, -0.2) is 9.55 Å². The first-order chi connectivity index (χ1) is 15.2. The standard InChI is InChI=1S/C23H22N2O2.2C2H6/c1-25-14-19(18-12-13-24-22(18)23(25)26)21-17-9-5-6-15(17)10-11-20(21)27-16-7-3-2-4-8-16;2*1-2/h2-4,7-8,10-15,17,24H,5-6,9H2,1H3;2*1-2H3. The highest BCUT2D eigenvalue weighted by Crippen LogP contribution is 2.47. The lowest BCUT2D eigenvalue weighted by molar-refractivity contribution is 0.427. The Morgan fingerprint density at radius 3 is 2.52 bits per heavy atom. The van der Waals surface area contributed by atoms with Crippen molar-refractivity contribution in [3.63, 3.8) is 0 Å². The Bertz CT molecular complexity index is 1120. The van der Waals surface area contributed by atoms with Crippen LogP contribution >= 0.6 is 0 Å². The van der Waals surface area contributed by atoms with Crippen molar-refractivity contribution in [2.24, 2.45) is 18.9 Å². The molecule has 2 aromatic heterocycles. The topological polar surface area (TPSA) is 47.0 Å². The number of aromatic nitrogens is 2. The van der Waals surface area contributed by atoms with Gasteiger partial charge in [0.25, 0.3) is 5.56 Å². The van der Waals surface area contributed by atoms with E-state index in [0.717, 1.165) is 28.9 Å². The molecular formula is C27H34N2O2. The van der Waals surface area contributed by atoms with E-state index in [2.05, 4.69) is 17.1 Å². The predicted octanol–water partition coefficient (Wildman–Crippen LogP) is 6.70. The highest BCUT2D eigenvalue weighted by atomic mass is 16.5. The number of aryl methyl sites for hydroxylation is 1. The number of benzene rings is 1. The highest BCUT2D eigenvalue weighted by Gasteiger charge is 2.35. The van der Waals surface area contributed by atoms with Gasteiger partial charge in [-0.05, 0) is 49.0 Å². The molecule has 0 aliphatic heterocycles. The van der Waals surface area contributed by atoms with Crippen molar-refractivity contribution < 1.29 is 4.74 Å². The molecule has 2 aliphatic rings. The number of hydrogen-bond donors (Lipinski definition) is 1. The molecule has 1 aromatic carbocycles. The normalized spacial score (nSPS) is 19.3. The van der Waals surface area contributed by atoms with Crippen LogP contribution in [0.3, 0.4) is 0 Å². The zero-order valence-electron chi connectivity index (χ0n) is 19.3. The van der Waals surface area contributed by atoms with Crippen LogP contribution in [0.1, 0.15) is 52.5 Å². The number of hydrogen-bond acceptors (Lipinski definition) is 2. The summed E-state index contributed by atoms with van der Waals surface area (Å²) in [4.78, 5) is 15.6. The molecule has 2 heterocycles. The minimum Gasteiger partial charge on any atom is -0.457 e. The lowest BCUT2D eigenvalue weighted by Gasteiger charge is -2.27. The fraction of sp³-hybridized carbons (Fsp3) is 0.370. The van der Waals surface area contributed by atoms with Crippen molar-refractivity contribution in [1.82, 2.24) is 9.55 Å². The Kier molecular flexibility index (Phi) is 7.56. The average Bonchev–Trinajstić information content (AvgIpc) is 3.50. The molecule has 2 aliphatic carbocycles. The highest BCUT2D eigenvalue weighted by molar-refractivity contribution is 5.93. The van der Waals surface area contributed by atoms with Gasteiger partial charge in [-0.1, -0.05) is 58.4 Å². The summed E-state index contributed by atoms with van der Waals surface area (Å²) in [7, 11) is 1.81. The Hall–Kier alpha value is -3.01. The molecule has 4 heteroatoms. The monoisotopic (exact) mass is 418 g/mol. The number of fused-ring (bicyclic) bond motifs is 2. The molecule has 1 N–H and O–H groups in total. The van der Waals surface area contributed by atoms with Gasteiger partial charge in [-0.25, -0.2) is 0 Å². The summed E-state index contributed by atoms with van der Waals surface area (Å²) in [5.74, 6) is 2.71. The summed E-state index contributed by atoms with van der Waals surface area (Å²) < 4.78 is 7.99. The Labute approximate surface area is 185 Å². The van der Waals surface area contributed by atoms with Crippen LogP contribution in [-0.2, 0) is 7.05 Å². The number of allylic oxidation sites excluding steroid dienone is 3. The summed E-state index contributed by atoms with van der Waals surface area (Å²) in [6, 6.07) is 11.9. The molecule has 1 saturated carbocycles. The minimum absolute atomic E-state index is 0.000740. The zero-order chi connectivity index (χ0) is 22.4. The number of H-pyrrole nitrogens is 1. The molecule has 31 heavy (non-hydrogen) atoms. The number of ether oxygens (including phenoxy) is 1. The van der Waals surface area contributed by atoms with E-state index >= 15 is 0 Å². The summed E-state index contributed by atoms with van der Waals surface area (Å²) in [5, 5.41) is 0.975. The largest absolute Gasteiger partial charge is 0.457 e. The van der Waals surface area contributed by atoms with Crippen molar-refractivity contribution in [2.45, 2.75) is 47.0 Å². The molecule has 0 saturated heterocycles. The van der Waals surface area contributed by atoms with E-state index in [4.69, 9.17) is 4.74 Å². The average molecular weight is 419 g/mol. The van der Waals surface area contributed by atoms with Crippen LogP contribution in [0.25, 0.3) is 16.5 Å². The summed E-state index contributed by atoms with van der Waals surface area (Å²) in [6.45, 7) is 8.00. The maximum atomic E-state index is 12.5. The van der Waals surface area contributed by atoms with Crippen molar-refractivity contribution in [1.29, 1.82) is 0 Å². The van der Waals surface area contributed by atoms with Crippen LogP contribution in [0.2, 0.25) is 0 Å². The Morgan fingerprint density at radius 2 is 1.77 bits per heavy atom.